The van der Waals surface area contributed by atoms with Crippen LogP contribution < -0.4 is 10.1 Å². The van der Waals surface area contributed by atoms with Crippen LogP contribution in [-0.2, 0) is 28.3 Å². The number of rotatable bonds is 12. The van der Waals surface area contributed by atoms with E-state index in [0.717, 1.165) is 48.3 Å². The number of nitrogens with zero attached hydrogens (tertiary/aromatic N) is 1. The Hall–Kier alpha value is -3.25. The van der Waals surface area contributed by atoms with Gasteiger partial charge in [0.1, 0.15) is 11.8 Å². The highest BCUT2D eigenvalue weighted by Crippen LogP contribution is 2.22. The Morgan fingerprint density at radius 1 is 0.919 bits per heavy atom. The number of ether oxygens (including phenoxy) is 1. The van der Waals surface area contributed by atoms with Crippen LogP contribution in [0.3, 0.4) is 0 Å². The minimum Gasteiger partial charge on any atom is -0.497 e. The zero-order chi connectivity index (χ0) is 25.9. The summed E-state index contributed by atoms with van der Waals surface area (Å²) >= 11 is 1.58. The highest BCUT2D eigenvalue weighted by atomic mass is 32.2. The van der Waals surface area contributed by atoms with Gasteiger partial charge in [-0.2, -0.15) is 0 Å². The molecule has 0 saturated heterocycles. The molecule has 3 aromatic carbocycles. The SMILES string of the molecule is COc1cccc(CN(C(=O)CSCc2ccccc2)[C@@H](Cc2ccccc2)C(=O)NC2CCCC2)c1. The molecule has 2 amide bonds. The molecule has 4 rings (SSSR count). The Morgan fingerprint density at radius 2 is 1.57 bits per heavy atom. The molecule has 0 aromatic heterocycles. The Morgan fingerprint density at radius 3 is 2.24 bits per heavy atom. The first kappa shape index (κ1) is 26.8. The van der Waals surface area contributed by atoms with Crippen molar-refractivity contribution >= 4 is 23.6 Å². The van der Waals surface area contributed by atoms with Gasteiger partial charge in [-0.3, -0.25) is 9.59 Å². The number of hydrogen-bond acceptors (Lipinski definition) is 4. The van der Waals surface area contributed by atoms with E-state index in [1.165, 1.54) is 5.56 Å². The zero-order valence-corrected chi connectivity index (χ0v) is 22.3. The molecule has 1 fully saturated rings. The minimum atomic E-state index is -0.598. The van der Waals surface area contributed by atoms with Gasteiger partial charge in [0.25, 0.3) is 0 Å². The zero-order valence-electron chi connectivity index (χ0n) is 21.5. The van der Waals surface area contributed by atoms with Gasteiger partial charge in [-0.05, 0) is 41.7 Å². The maximum Gasteiger partial charge on any atom is 0.243 e. The monoisotopic (exact) mass is 516 g/mol. The summed E-state index contributed by atoms with van der Waals surface area (Å²) < 4.78 is 5.42. The normalized spacial score (nSPS) is 14.2. The largest absolute Gasteiger partial charge is 0.497 e. The summed E-state index contributed by atoms with van der Waals surface area (Å²) in [6.07, 6.45) is 4.74. The van der Waals surface area contributed by atoms with Crippen molar-refractivity contribution < 1.29 is 14.3 Å². The molecular weight excluding hydrogens is 480 g/mol. The molecule has 194 valence electrons. The second kappa shape index (κ2) is 13.9. The maximum atomic E-state index is 13.8. The Labute approximate surface area is 224 Å². The third kappa shape index (κ3) is 8.12. The lowest BCUT2D eigenvalue weighted by Crippen LogP contribution is -2.52. The lowest BCUT2D eigenvalue weighted by atomic mass is 10.0. The highest BCUT2D eigenvalue weighted by molar-refractivity contribution is 7.99. The van der Waals surface area contributed by atoms with E-state index in [1.807, 2.05) is 72.8 Å². The Bertz CT molecular complexity index is 1130. The third-order valence-electron chi connectivity index (χ3n) is 6.80. The van der Waals surface area contributed by atoms with Crippen LogP contribution in [-0.4, -0.2) is 41.7 Å². The van der Waals surface area contributed by atoms with Crippen LogP contribution in [0.1, 0.15) is 42.4 Å². The summed E-state index contributed by atoms with van der Waals surface area (Å²) in [6.45, 7) is 0.345. The molecule has 37 heavy (non-hydrogen) atoms. The van der Waals surface area contributed by atoms with Crippen molar-refractivity contribution in [3.05, 3.63) is 102 Å². The Kier molecular flexibility index (Phi) is 10.1. The van der Waals surface area contributed by atoms with Crippen LogP contribution in [0.5, 0.6) is 5.75 Å². The lowest BCUT2D eigenvalue weighted by Gasteiger charge is -2.32. The van der Waals surface area contributed by atoms with Crippen molar-refractivity contribution in [2.24, 2.45) is 0 Å². The fourth-order valence-electron chi connectivity index (χ4n) is 4.80. The van der Waals surface area contributed by atoms with Crippen LogP contribution in [0.25, 0.3) is 0 Å². The molecule has 0 aliphatic heterocycles. The fourth-order valence-corrected chi connectivity index (χ4v) is 5.67. The van der Waals surface area contributed by atoms with E-state index >= 15 is 0 Å². The van der Waals surface area contributed by atoms with Crippen molar-refractivity contribution in [3.63, 3.8) is 0 Å². The topological polar surface area (TPSA) is 58.6 Å². The summed E-state index contributed by atoms with van der Waals surface area (Å²) in [4.78, 5) is 29.2. The molecule has 0 spiro atoms. The molecule has 0 bridgehead atoms. The third-order valence-corrected chi connectivity index (χ3v) is 7.79. The summed E-state index contributed by atoms with van der Waals surface area (Å²) in [5.41, 5.74) is 3.15. The van der Waals surface area contributed by atoms with Crippen molar-refractivity contribution in [2.45, 2.75) is 56.5 Å². The molecular formula is C31H36N2O3S. The van der Waals surface area contributed by atoms with Crippen molar-refractivity contribution in [1.29, 1.82) is 0 Å². The molecule has 1 aliphatic carbocycles. The maximum absolute atomic E-state index is 13.8. The number of nitrogens with one attached hydrogen (secondary N) is 1. The number of methoxy groups -OCH3 is 1. The first-order valence-electron chi connectivity index (χ1n) is 13.0. The van der Waals surface area contributed by atoms with Gasteiger partial charge in [0.05, 0.1) is 12.9 Å². The number of carbonyl (C=O) groups is 2. The van der Waals surface area contributed by atoms with Crippen molar-refractivity contribution in [1.82, 2.24) is 10.2 Å². The molecule has 3 aromatic rings. The van der Waals surface area contributed by atoms with Gasteiger partial charge in [-0.1, -0.05) is 85.6 Å². The van der Waals surface area contributed by atoms with Crippen LogP contribution in [0.15, 0.2) is 84.9 Å². The van der Waals surface area contributed by atoms with Crippen LogP contribution in [0, 0.1) is 0 Å². The van der Waals surface area contributed by atoms with E-state index in [0.29, 0.717) is 18.7 Å². The van der Waals surface area contributed by atoms with Gasteiger partial charge in [-0.15, -0.1) is 11.8 Å². The van der Waals surface area contributed by atoms with Crippen LogP contribution in [0.4, 0.5) is 0 Å². The summed E-state index contributed by atoms with van der Waals surface area (Å²) in [5, 5.41) is 3.26. The standard InChI is InChI=1S/C31H36N2O3S/c1-36-28-18-10-15-26(19-28)21-33(30(34)23-37-22-25-13-6-3-7-14-25)29(20-24-11-4-2-5-12-24)31(35)32-27-16-8-9-17-27/h2-7,10-15,18-19,27,29H,8-9,16-17,20-23H2,1H3,(H,32,35)/t29-/m0/s1. The minimum absolute atomic E-state index is 0.0359. The average Bonchev–Trinajstić information content (AvgIpc) is 3.45. The molecule has 6 heteroatoms. The predicted octanol–water partition coefficient (Wildman–Crippen LogP) is 5.63. The number of carbonyl (C=O) groups excluding carboxylic acids is 2. The number of amides is 2. The molecule has 1 atom stereocenters. The quantitative estimate of drug-likeness (QED) is 0.339. The highest BCUT2D eigenvalue weighted by Gasteiger charge is 2.32. The van der Waals surface area contributed by atoms with E-state index < -0.39 is 6.04 Å². The molecule has 0 unspecified atom stereocenters. The predicted molar refractivity (Wildman–Crippen MR) is 150 cm³/mol. The number of benzene rings is 3. The van der Waals surface area contributed by atoms with E-state index in [4.69, 9.17) is 4.74 Å². The van der Waals surface area contributed by atoms with Gasteiger partial charge in [0.2, 0.25) is 11.8 Å². The second-order valence-electron chi connectivity index (χ2n) is 9.55. The van der Waals surface area contributed by atoms with Gasteiger partial charge in [0, 0.05) is 24.8 Å². The smallest absolute Gasteiger partial charge is 0.243 e. The first-order valence-corrected chi connectivity index (χ1v) is 14.2. The number of thioether (sulfide) groups is 1. The first-order chi connectivity index (χ1) is 18.1. The van der Waals surface area contributed by atoms with Gasteiger partial charge >= 0.3 is 0 Å². The van der Waals surface area contributed by atoms with E-state index in [9.17, 15) is 9.59 Å². The molecule has 1 aliphatic rings. The van der Waals surface area contributed by atoms with Gasteiger partial charge < -0.3 is 15.0 Å². The molecule has 1 N–H and O–H groups in total. The van der Waals surface area contributed by atoms with E-state index in [-0.39, 0.29) is 17.9 Å². The summed E-state index contributed by atoms with van der Waals surface area (Å²) in [6, 6.07) is 27.4. The van der Waals surface area contributed by atoms with E-state index in [2.05, 4.69) is 17.4 Å². The van der Waals surface area contributed by atoms with E-state index in [1.54, 1.807) is 23.8 Å². The number of hydrogen-bond donors (Lipinski definition) is 1. The lowest BCUT2D eigenvalue weighted by molar-refractivity contribution is -0.139. The van der Waals surface area contributed by atoms with Crippen molar-refractivity contribution in [2.75, 3.05) is 12.9 Å². The van der Waals surface area contributed by atoms with Crippen molar-refractivity contribution in [3.8, 4) is 5.75 Å². The molecule has 5 nitrogen and oxygen atoms in total. The molecule has 1 saturated carbocycles. The van der Waals surface area contributed by atoms with Gasteiger partial charge in [0.15, 0.2) is 0 Å². The summed E-state index contributed by atoms with van der Waals surface area (Å²) in [5.74, 6) is 1.68. The van der Waals surface area contributed by atoms with Crippen LogP contribution >= 0.6 is 11.8 Å². The Balaban J connectivity index is 1.58. The average molecular weight is 517 g/mol. The van der Waals surface area contributed by atoms with Crippen LogP contribution in [0.2, 0.25) is 0 Å². The molecule has 0 radical (unpaired) electrons. The summed E-state index contributed by atoms with van der Waals surface area (Å²) in [7, 11) is 1.63. The second-order valence-corrected chi connectivity index (χ2v) is 10.5. The fraction of sp³-hybridized carbons (Fsp3) is 0.355. The molecule has 0 heterocycles. The van der Waals surface area contributed by atoms with Gasteiger partial charge in [-0.25, -0.2) is 0 Å².